The summed E-state index contributed by atoms with van der Waals surface area (Å²) in [5.41, 5.74) is 0.279. The molecule has 0 spiro atoms. The van der Waals surface area contributed by atoms with Crippen molar-refractivity contribution >= 4 is 15.0 Å². The summed E-state index contributed by atoms with van der Waals surface area (Å²) in [7, 11) is -4.28. The van der Waals surface area contributed by atoms with Crippen molar-refractivity contribution in [2.45, 2.75) is 0 Å². The number of benzene rings is 1. The molecule has 0 bridgehead atoms. The van der Waals surface area contributed by atoms with Crippen LogP contribution in [0.1, 0.15) is 5.56 Å². The molecule has 0 aliphatic carbocycles. The van der Waals surface area contributed by atoms with E-state index in [1.807, 2.05) is 0 Å². The fraction of sp³-hybridized carbons (Fsp3) is 0. The van der Waals surface area contributed by atoms with Gasteiger partial charge in [-0.05, 0) is 12.1 Å². The van der Waals surface area contributed by atoms with Gasteiger partial charge >= 0.3 is 0 Å². The molecule has 1 aliphatic heterocycles. The van der Waals surface area contributed by atoms with Gasteiger partial charge in [-0.25, -0.2) is 0 Å². The summed E-state index contributed by atoms with van der Waals surface area (Å²) in [6, 6.07) is 6.34. The predicted molar refractivity (Wildman–Crippen MR) is 47.7 cm³/mol. The molecule has 1 aliphatic rings. The maximum absolute atomic E-state index is 10.9. The van der Waals surface area contributed by atoms with Crippen molar-refractivity contribution in [2.75, 3.05) is 0 Å². The van der Waals surface area contributed by atoms with Crippen LogP contribution in [0.3, 0.4) is 0 Å². The Labute approximate surface area is 80.3 Å². The van der Waals surface area contributed by atoms with Crippen LogP contribution in [0.4, 0.5) is 0 Å². The first-order valence-electron chi connectivity index (χ1n) is 3.69. The normalized spacial score (nSPS) is 14.8. The monoisotopic (exact) mass is 214 g/mol. The lowest BCUT2D eigenvalue weighted by Crippen LogP contribution is -2.08. The van der Waals surface area contributed by atoms with Crippen molar-refractivity contribution in [1.29, 1.82) is 0 Å². The van der Waals surface area contributed by atoms with Crippen LogP contribution in [0.25, 0.3) is 4.91 Å². The molecule has 0 aromatic heterocycles. The number of hydrogen-bond acceptors (Lipinski definition) is 4. The summed E-state index contributed by atoms with van der Waals surface area (Å²) >= 11 is 0. The van der Waals surface area contributed by atoms with Gasteiger partial charge in [-0.2, -0.15) is 8.42 Å². The Morgan fingerprint density at radius 2 is 1.93 bits per heavy atom. The molecule has 0 fully saturated rings. The molecule has 1 N–H and O–H groups in total. The second kappa shape index (κ2) is 3.00. The van der Waals surface area contributed by atoms with E-state index in [0.717, 1.165) is 6.26 Å². The van der Waals surface area contributed by atoms with Crippen LogP contribution in [0, 0.1) is 0 Å². The SMILES string of the molecule is O=S(=O)(O)C1=COOc2ccccc21. The molecule has 2 rings (SSSR count). The van der Waals surface area contributed by atoms with Gasteiger partial charge in [0.2, 0.25) is 0 Å². The van der Waals surface area contributed by atoms with Gasteiger partial charge in [0.1, 0.15) is 4.91 Å². The molecule has 0 unspecified atom stereocenters. The third kappa shape index (κ3) is 1.45. The van der Waals surface area contributed by atoms with Crippen molar-refractivity contribution in [3.8, 4) is 5.75 Å². The average Bonchev–Trinajstić information content (AvgIpc) is 2.15. The Balaban J connectivity index is 2.62. The Bertz CT molecular complexity index is 488. The van der Waals surface area contributed by atoms with Gasteiger partial charge in [0.15, 0.2) is 12.0 Å². The van der Waals surface area contributed by atoms with Crippen LogP contribution < -0.4 is 4.89 Å². The van der Waals surface area contributed by atoms with Gasteiger partial charge in [0.25, 0.3) is 10.1 Å². The highest BCUT2D eigenvalue weighted by atomic mass is 32.2. The predicted octanol–water partition coefficient (Wildman–Crippen LogP) is 1.20. The van der Waals surface area contributed by atoms with Gasteiger partial charge in [0.05, 0.1) is 0 Å². The molecule has 1 aromatic rings. The largest absolute Gasteiger partial charge is 0.298 e. The van der Waals surface area contributed by atoms with E-state index < -0.39 is 10.1 Å². The zero-order chi connectivity index (χ0) is 10.2. The summed E-state index contributed by atoms with van der Waals surface area (Å²) < 4.78 is 30.7. The smallest absolute Gasteiger partial charge is 0.296 e. The van der Waals surface area contributed by atoms with Crippen molar-refractivity contribution < 1.29 is 22.7 Å². The maximum Gasteiger partial charge on any atom is 0.298 e. The van der Waals surface area contributed by atoms with E-state index in [1.54, 1.807) is 12.1 Å². The first-order valence-corrected chi connectivity index (χ1v) is 5.13. The summed E-state index contributed by atoms with van der Waals surface area (Å²) in [6.07, 6.45) is 0.845. The summed E-state index contributed by atoms with van der Waals surface area (Å²) in [4.78, 5) is 8.82. The molecule has 0 atom stereocenters. The minimum Gasteiger partial charge on any atom is -0.296 e. The molecule has 0 radical (unpaired) electrons. The van der Waals surface area contributed by atoms with Crippen LogP contribution in [-0.2, 0) is 15.0 Å². The lowest BCUT2D eigenvalue weighted by atomic mass is 10.2. The van der Waals surface area contributed by atoms with Crippen molar-refractivity contribution in [1.82, 2.24) is 0 Å². The van der Waals surface area contributed by atoms with Gasteiger partial charge < -0.3 is 0 Å². The van der Waals surface area contributed by atoms with E-state index >= 15 is 0 Å². The van der Waals surface area contributed by atoms with E-state index in [-0.39, 0.29) is 16.2 Å². The van der Waals surface area contributed by atoms with Crippen molar-refractivity contribution in [3.05, 3.63) is 36.1 Å². The van der Waals surface area contributed by atoms with Crippen LogP contribution in [0.5, 0.6) is 5.75 Å². The van der Waals surface area contributed by atoms with Gasteiger partial charge in [0, 0.05) is 5.56 Å². The minimum atomic E-state index is -4.28. The number of rotatable bonds is 1. The van der Waals surface area contributed by atoms with E-state index in [9.17, 15) is 8.42 Å². The van der Waals surface area contributed by atoms with Crippen LogP contribution in [0.15, 0.2) is 30.5 Å². The standard InChI is InChI=1S/C8H6O5S/c9-14(10,11)8-5-12-13-7-4-2-1-3-6(7)8/h1-5H,(H,9,10,11). The third-order valence-electron chi connectivity index (χ3n) is 1.72. The number of fused-ring (bicyclic) bond motifs is 1. The molecule has 0 saturated carbocycles. The van der Waals surface area contributed by atoms with Crippen LogP contribution in [0.2, 0.25) is 0 Å². The first kappa shape index (κ1) is 9.04. The maximum atomic E-state index is 10.9. The minimum absolute atomic E-state index is 0.252. The van der Waals surface area contributed by atoms with Crippen molar-refractivity contribution in [3.63, 3.8) is 0 Å². The summed E-state index contributed by atoms with van der Waals surface area (Å²) in [6.45, 7) is 0. The highest BCUT2D eigenvalue weighted by molar-refractivity contribution is 7.95. The zero-order valence-electron chi connectivity index (χ0n) is 6.88. The Morgan fingerprint density at radius 1 is 1.21 bits per heavy atom. The van der Waals surface area contributed by atoms with Gasteiger partial charge in [-0.15, -0.1) is 0 Å². The number of para-hydroxylation sites is 1. The fourth-order valence-corrected chi connectivity index (χ4v) is 1.73. The Hall–Kier alpha value is -1.53. The molecule has 1 heterocycles. The van der Waals surface area contributed by atoms with Crippen LogP contribution in [-0.4, -0.2) is 13.0 Å². The molecular formula is C8H6O5S. The Morgan fingerprint density at radius 3 is 2.64 bits per heavy atom. The van der Waals surface area contributed by atoms with Crippen molar-refractivity contribution in [2.24, 2.45) is 0 Å². The molecule has 14 heavy (non-hydrogen) atoms. The molecule has 6 heteroatoms. The highest BCUT2D eigenvalue weighted by Gasteiger charge is 2.24. The molecular weight excluding hydrogens is 208 g/mol. The van der Waals surface area contributed by atoms with Crippen LogP contribution >= 0.6 is 0 Å². The molecule has 0 saturated heterocycles. The van der Waals surface area contributed by atoms with E-state index in [0.29, 0.717) is 0 Å². The quantitative estimate of drug-likeness (QED) is 0.561. The van der Waals surface area contributed by atoms with E-state index in [4.69, 9.17) is 9.44 Å². The van der Waals surface area contributed by atoms with E-state index in [1.165, 1.54) is 12.1 Å². The Kier molecular flexibility index (Phi) is 1.94. The molecule has 74 valence electrons. The van der Waals surface area contributed by atoms with E-state index in [2.05, 4.69) is 4.89 Å². The van der Waals surface area contributed by atoms with Gasteiger partial charge in [-0.1, -0.05) is 12.1 Å². The molecule has 0 amide bonds. The topological polar surface area (TPSA) is 72.8 Å². The second-order valence-corrected chi connectivity index (χ2v) is 4.02. The average molecular weight is 214 g/mol. The highest BCUT2D eigenvalue weighted by Crippen LogP contribution is 2.32. The third-order valence-corrected chi connectivity index (χ3v) is 2.60. The first-order chi connectivity index (χ1) is 6.59. The lowest BCUT2D eigenvalue weighted by molar-refractivity contribution is -0.151. The summed E-state index contributed by atoms with van der Waals surface area (Å²) in [5.74, 6) is 0.252. The summed E-state index contributed by atoms with van der Waals surface area (Å²) in [5, 5.41) is 0. The molecule has 5 nitrogen and oxygen atoms in total. The lowest BCUT2D eigenvalue weighted by Gasteiger charge is -2.14. The molecule has 1 aromatic carbocycles. The number of hydrogen-bond donors (Lipinski definition) is 1. The van der Waals surface area contributed by atoms with Gasteiger partial charge in [-0.3, -0.25) is 14.3 Å². The zero-order valence-corrected chi connectivity index (χ0v) is 7.69. The second-order valence-electron chi connectivity index (χ2n) is 2.63. The fourth-order valence-electron chi connectivity index (χ4n) is 1.13.